The summed E-state index contributed by atoms with van der Waals surface area (Å²) in [5.41, 5.74) is 7.15. The van der Waals surface area contributed by atoms with Gasteiger partial charge in [-0.15, -0.1) is 0 Å². The predicted octanol–water partition coefficient (Wildman–Crippen LogP) is 5.85. The van der Waals surface area contributed by atoms with E-state index in [0.29, 0.717) is 6.04 Å². The van der Waals surface area contributed by atoms with E-state index in [2.05, 4.69) is 65.9 Å². The summed E-state index contributed by atoms with van der Waals surface area (Å²) in [6.45, 7) is 2.18. The molecular weight excluding hydrogens is 292 g/mol. The molecule has 24 heavy (non-hydrogen) atoms. The molecule has 0 radical (unpaired) electrons. The molecule has 1 spiro atoms. The Morgan fingerprint density at radius 3 is 2.71 bits per heavy atom. The molecule has 2 aromatic carbocycles. The third-order valence-corrected chi connectivity index (χ3v) is 6.24. The molecule has 1 aliphatic heterocycles. The standard InChI is InChI=1S/C22H24N2/c1-15-9-10-19-16(13-15)17(14-23-19)21-22(11-5-2-6-12-22)18-7-3-4-8-20(18)24-21/h3-4,7-10,13-14,21,23-24H,2,5-6,11-12H2,1H3. The van der Waals surface area contributed by atoms with Crippen LogP contribution in [0.25, 0.3) is 10.9 Å². The van der Waals surface area contributed by atoms with Gasteiger partial charge in [-0.2, -0.15) is 0 Å². The van der Waals surface area contributed by atoms with Crippen LogP contribution in [-0.4, -0.2) is 4.98 Å². The van der Waals surface area contributed by atoms with Crippen LogP contribution in [0.15, 0.2) is 48.7 Å². The van der Waals surface area contributed by atoms with Crippen molar-refractivity contribution in [3.05, 3.63) is 65.4 Å². The van der Waals surface area contributed by atoms with Gasteiger partial charge in [-0.05, 0) is 43.5 Å². The third kappa shape index (κ3) is 1.89. The van der Waals surface area contributed by atoms with Gasteiger partial charge in [0.2, 0.25) is 0 Å². The molecule has 0 amide bonds. The zero-order valence-electron chi connectivity index (χ0n) is 14.2. The van der Waals surface area contributed by atoms with E-state index in [1.807, 2.05) is 0 Å². The van der Waals surface area contributed by atoms with Crippen LogP contribution in [0, 0.1) is 6.92 Å². The maximum absolute atomic E-state index is 3.89. The van der Waals surface area contributed by atoms with E-state index in [0.717, 1.165) is 0 Å². The molecule has 2 N–H and O–H groups in total. The van der Waals surface area contributed by atoms with Crippen LogP contribution in [-0.2, 0) is 5.41 Å². The molecule has 1 unspecified atom stereocenters. The molecule has 1 fully saturated rings. The lowest BCUT2D eigenvalue weighted by Gasteiger charge is -2.39. The Hall–Kier alpha value is -2.22. The molecule has 2 heteroatoms. The number of aryl methyl sites for hydroxylation is 1. The van der Waals surface area contributed by atoms with Gasteiger partial charge >= 0.3 is 0 Å². The van der Waals surface area contributed by atoms with Crippen LogP contribution in [0.5, 0.6) is 0 Å². The summed E-state index contributed by atoms with van der Waals surface area (Å²) in [5.74, 6) is 0. The maximum Gasteiger partial charge on any atom is 0.0632 e. The van der Waals surface area contributed by atoms with Gasteiger partial charge in [-0.25, -0.2) is 0 Å². The summed E-state index contributed by atoms with van der Waals surface area (Å²) in [7, 11) is 0. The van der Waals surface area contributed by atoms with Crippen LogP contribution < -0.4 is 5.32 Å². The number of hydrogen-bond acceptors (Lipinski definition) is 1. The van der Waals surface area contributed by atoms with E-state index in [4.69, 9.17) is 0 Å². The molecule has 1 atom stereocenters. The molecule has 2 nitrogen and oxygen atoms in total. The van der Waals surface area contributed by atoms with Gasteiger partial charge in [0.1, 0.15) is 0 Å². The molecular formula is C22H24N2. The van der Waals surface area contributed by atoms with Gasteiger partial charge in [0.05, 0.1) is 6.04 Å². The number of H-pyrrole nitrogens is 1. The lowest BCUT2D eigenvalue weighted by molar-refractivity contribution is 0.271. The number of aromatic nitrogens is 1. The van der Waals surface area contributed by atoms with Crippen molar-refractivity contribution in [2.75, 3.05) is 5.32 Å². The van der Waals surface area contributed by atoms with Crippen LogP contribution in [0.4, 0.5) is 5.69 Å². The first-order valence-corrected chi connectivity index (χ1v) is 9.22. The van der Waals surface area contributed by atoms with Crippen molar-refractivity contribution in [2.24, 2.45) is 0 Å². The predicted molar refractivity (Wildman–Crippen MR) is 101 cm³/mol. The first-order valence-electron chi connectivity index (χ1n) is 9.22. The summed E-state index contributed by atoms with van der Waals surface area (Å²) >= 11 is 0. The third-order valence-electron chi connectivity index (χ3n) is 6.24. The zero-order chi connectivity index (χ0) is 16.1. The van der Waals surface area contributed by atoms with E-state index in [9.17, 15) is 0 Å². The fourth-order valence-corrected chi connectivity index (χ4v) is 5.10. The maximum atomic E-state index is 3.89. The number of benzene rings is 2. The minimum absolute atomic E-state index is 0.258. The van der Waals surface area contributed by atoms with Crippen molar-refractivity contribution in [1.82, 2.24) is 4.98 Å². The minimum atomic E-state index is 0.258. The molecule has 0 saturated heterocycles. The number of para-hydroxylation sites is 1. The van der Waals surface area contributed by atoms with E-state index < -0.39 is 0 Å². The molecule has 3 aromatic rings. The van der Waals surface area contributed by atoms with E-state index in [-0.39, 0.29) is 5.41 Å². The minimum Gasteiger partial charge on any atom is -0.377 e. The zero-order valence-corrected chi connectivity index (χ0v) is 14.2. The Bertz CT molecular complexity index is 899. The number of nitrogens with one attached hydrogen (secondary N) is 2. The first kappa shape index (κ1) is 14.2. The van der Waals surface area contributed by atoms with Gasteiger partial charge < -0.3 is 10.3 Å². The van der Waals surface area contributed by atoms with Gasteiger partial charge in [-0.1, -0.05) is 49.1 Å². The first-order chi connectivity index (χ1) is 11.8. The second kappa shape index (κ2) is 5.14. The van der Waals surface area contributed by atoms with Gasteiger partial charge in [0, 0.05) is 33.8 Å². The van der Waals surface area contributed by atoms with Crippen molar-refractivity contribution in [3.63, 3.8) is 0 Å². The van der Waals surface area contributed by atoms with Crippen LogP contribution >= 0.6 is 0 Å². The summed E-state index contributed by atoms with van der Waals surface area (Å²) in [6.07, 6.45) is 8.88. The van der Waals surface area contributed by atoms with Crippen LogP contribution in [0.2, 0.25) is 0 Å². The van der Waals surface area contributed by atoms with Gasteiger partial charge in [0.15, 0.2) is 0 Å². The number of fused-ring (bicyclic) bond motifs is 3. The smallest absolute Gasteiger partial charge is 0.0632 e. The highest BCUT2D eigenvalue weighted by atomic mass is 15.0. The molecule has 1 aliphatic carbocycles. The van der Waals surface area contributed by atoms with Crippen molar-refractivity contribution in [3.8, 4) is 0 Å². The fraction of sp³-hybridized carbons (Fsp3) is 0.364. The molecule has 0 bridgehead atoms. The van der Waals surface area contributed by atoms with E-state index in [1.54, 1.807) is 0 Å². The average molecular weight is 316 g/mol. The molecule has 2 aliphatic rings. The SMILES string of the molecule is Cc1ccc2[nH]cc(C3Nc4ccccc4C34CCCCC4)c2c1. The van der Waals surface area contributed by atoms with Crippen molar-refractivity contribution < 1.29 is 0 Å². The highest BCUT2D eigenvalue weighted by Crippen LogP contribution is 2.56. The molecule has 122 valence electrons. The normalized spacial score (nSPS) is 21.8. The number of rotatable bonds is 1. The van der Waals surface area contributed by atoms with E-state index >= 15 is 0 Å². The Balaban J connectivity index is 1.70. The second-order valence-corrected chi connectivity index (χ2v) is 7.63. The second-order valence-electron chi connectivity index (χ2n) is 7.63. The summed E-state index contributed by atoms with van der Waals surface area (Å²) in [6, 6.07) is 16.1. The quantitative estimate of drug-likeness (QED) is 0.579. The number of anilines is 1. The summed E-state index contributed by atoms with van der Waals surface area (Å²) < 4.78 is 0. The van der Waals surface area contributed by atoms with Crippen molar-refractivity contribution in [2.45, 2.75) is 50.5 Å². The fourth-order valence-electron chi connectivity index (χ4n) is 5.10. The lowest BCUT2D eigenvalue weighted by Crippen LogP contribution is -2.34. The molecule has 5 rings (SSSR count). The average Bonchev–Trinajstić information content (AvgIpc) is 3.15. The van der Waals surface area contributed by atoms with Crippen molar-refractivity contribution >= 4 is 16.6 Å². The summed E-state index contributed by atoms with van der Waals surface area (Å²) in [4.78, 5) is 3.50. The van der Waals surface area contributed by atoms with Gasteiger partial charge in [0.25, 0.3) is 0 Å². The Labute approximate surface area is 143 Å². The number of aromatic amines is 1. The highest BCUT2D eigenvalue weighted by molar-refractivity contribution is 5.86. The molecule has 1 saturated carbocycles. The van der Waals surface area contributed by atoms with Crippen LogP contribution in [0.1, 0.15) is 54.8 Å². The lowest BCUT2D eigenvalue weighted by atomic mass is 9.65. The topological polar surface area (TPSA) is 27.8 Å². The monoisotopic (exact) mass is 316 g/mol. The van der Waals surface area contributed by atoms with E-state index in [1.165, 1.54) is 65.4 Å². The van der Waals surface area contributed by atoms with Gasteiger partial charge in [-0.3, -0.25) is 0 Å². The Morgan fingerprint density at radius 2 is 1.83 bits per heavy atom. The Kier molecular flexibility index (Phi) is 3.03. The molecule has 1 aromatic heterocycles. The van der Waals surface area contributed by atoms with Crippen molar-refractivity contribution in [1.29, 1.82) is 0 Å². The van der Waals surface area contributed by atoms with Crippen LogP contribution in [0.3, 0.4) is 0 Å². The number of hydrogen-bond donors (Lipinski definition) is 2. The largest absolute Gasteiger partial charge is 0.377 e. The summed E-state index contributed by atoms with van der Waals surface area (Å²) in [5, 5.41) is 5.27. The Morgan fingerprint density at radius 1 is 1.00 bits per heavy atom. The highest BCUT2D eigenvalue weighted by Gasteiger charge is 2.48. The molecule has 2 heterocycles.